The number of nitrogens with zero attached hydrogens (tertiary/aromatic N) is 2. The fourth-order valence-electron chi connectivity index (χ4n) is 2.88. The molecule has 5 heteroatoms. The number of nitrogens with one attached hydrogen (secondary N) is 2. The summed E-state index contributed by atoms with van der Waals surface area (Å²) in [6, 6.07) is 0.530. The fraction of sp³-hybridized carbons (Fsp3) is 0.941. The van der Waals surface area contributed by atoms with Crippen LogP contribution in [0.3, 0.4) is 0 Å². The van der Waals surface area contributed by atoms with Gasteiger partial charge in [0.15, 0.2) is 5.96 Å². The van der Waals surface area contributed by atoms with E-state index < -0.39 is 0 Å². The Labute approximate surface area is 136 Å². The van der Waals surface area contributed by atoms with Crippen molar-refractivity contribution in [3.05, 3.63) is 0 Å². The van der Waals surface area contributed by atoms with Gasteiger partial charge in [-0.05, 0) is 12.3 Å². The molecule has 0 saturated carbocycles. The summed E-state index contributed by atoms with van der Waals surface area (Å²) in [5.41, 5.74) is 0. The summed E-state index contributed by atoms with van der Waals surface area (Å²) in [5, 5.41) is 6.92. The molecule has 0 aromatic carbocycles. The monoisotopic (exact) mass is 312 g/mol. The van der Waals surface area contributed by atoms with E-state index in [2.05, 4.69) is 41.3 Å². The quantitative estimate of drug-likeness (QED) is 0.389. The first-order chi connectivity index (χ1) is 10.7. The van der Waals surface area contributed by atoms with Crippen molar-refractivity contribution in [2.45, 2.75) is 52.5 Å². The summed E-state index contributed by atoms with van der Waals surface area (Å²) in [6.45, 7) is 12.6. The van der Waals surface area contributed by atoms with Crippen LogP contribution >= 0.6 is 0 Å². The summed E-state index contributed by atoms with van der Waals surface area (Å²) >= 11 is 0. The van der Waals surface area contributed by atoms with E-state index in [0.29, 0.717) is 12.0 Å². The van der Waals surface area contributed by atoms with Crippen molar-refractivity contribution in [3.63, 3.8) is 0 Å². The molecule has 0 aromatic rings. The maximum Gasteiger partial charge on any atom is 0.191 e. The van der Waals surface area contributed by atoms with E-state index in [9.17, 15) is 0 Å². The lowest BCUT2D eigenvalue weighted by atomic mass is 10.0. The Balaban J connectivity index is 2.31. The van der Waals surface area contributed by atoms with Crippen LogP contribution in [0.5, 0.6) is 0 Å². The molecule has 1 atom stereocenters. The van der Waals surface area contributed by atoms with Crippen LogP contribution in [0.15, 0.2) is 4.99 Å². The van der Waals surface area contributed by atoms with Gasteiger partial charge in [-0.1, -0.05) is 40.0 Å². The molecule has 0 spiro atoms. The second-order valence-corrected chi connectivity index (χ2v) is 6.40. The van der Waals surface area contributed by atoms with Crippen molar-refractivity contribution in [2.75, 3.05) is 46.4 Å². The number of unbranched alkanes of at least 4 members (excludes halogenated alkanes) is 3. The van der Waals surface area contributed by atoms with Crippen LogP contribution in [0.25, 0.3) is 0 Å². The first-order valence-electron chi connectivity index (χ1n) is 8.95. The molecule has 1 aliphatic heterocycles. The van der Waals surface area contributed by atoms with Gasteiger partial charge in [-0.3, -0.25) is 9.89 Å². The number of guanidine groups is 1. The Morgan fingerprint density at radius 3 is 2.45 bits per heavy atom. The highest BCUT2D eigenvalue weighted by molar-refractivity contribution is 5.79. The number of ether oxygens (including phenoxy) is 1. The molecule has 0 radical (unpaired) electrons. The highest BCUT2D eigenvalue weighted by Crippen LogP contribution is 2.12. The molecule has 130 valence electrons. The van der Waals surface area contributed by atoms with Crippen LogP contribution in [-0.2, 0) is 4.74 Å². The molecule has 5 nitrogen and oxygen atoms in total. The largest absolute Gasteiger partial charge is 0.379 e. The maximum absolute atomic E-state index is 5.46. The van der Waals surface area contributed by atoms with Gasteiger partial charge < -0.3 is 15.4 Å². The minimum atomic E-state index is 0.530. The molecular formula is C17H36N4O. The SMILES string of the molecule is CCCCCCNC(=NC)NCC(C(C)C)N1CCOCC1. The lowest BCUT2D eigenvalue weighted by Crippen LogP contribution is -2.52. The first kappa shape index (κ1) is 19.2. The first-order valence-corrected chi connectivity index (χ1v) is 8.95. The Bertz CT molecular complexity index is 301. The van der Waals surface area contributed by atoms with Gasteiger partial charge in [-0.2, -0.15) is 0 Å². The molecule has 1 saturated heterocycles. The minimum absolute atomic E-state index is 0.530. The summed E-state index contributed by atoms with van der Waals surface area (Å²) in [4.78, 5) is 6.87. The van der Waals surface area contributed by atoms with Crippen molar-refractivity contribution >= 4 is 5.96 Å². The topological polar surface area (TPSA) is 48.9 Å². The molecule has 0 aliphatic carbocycles. The molecule has 0 aromatic heterocycles. The van der Waals surface area contributed by atoms with Crippen LogP contribution in [0.2, 0.25) is 0 Å². The van der Waals surface area contributed by atoms with Gasteiger partial charge in [0, 0.05) is 39.3 Å². The van der Waals surface area contributed by atoms with E-state index in [4.69, 9.17) is 4.74 Å². The van der Waals surface area contributed by atoms with Crippen LogP contribution in [0, 0.1) is 5.92 Å². The molecule has 22 heavy (non-hydrogen) atoms. The zero-order valence-electron chi connectivity index (χ0n) is 15.0. The van der Waals surface area contributed by atoms with E-state index in [1.807, 2.05) is 7.05 Å². The number of hydrogen-bond acceptors (Lipinski definition) is 3. The van der Waals surface area contributed by atoms with Gasteiger partial charge in [0.2, 0.25) is 0 Å². The predicted molar refractivity (Wildman–Crippen MR) is 94.5 cm³/mol. The Kier molecular flexibility index (Phi) is 10.2. The smallest absolute Gasteiger partial charge is 0.191 e. The number of rotatable bonds is 9. The molecule has 0 amide bonds. The third kappa shape index (κ3) is 7.45. The predicted octanol–water partition coefficient (Wildman–Crippen LogP) is 2.09. The zero-order valence-corrected chi connectivity index (χ0v) is 15.0. The van der Waals surface area contributed by atoms with E-state index in [1.54, 1.807) is 0 Å². The number of hydrogen-bond donors (Lipinski definition) is 2. The molecule has 1 fully saturated rings. The van der Waals surface area contributed by atoms with Gasteiger partial charge >= 0.3 is 0 Å². The van der Waals surface area contributed by atoms with E-state index >= 15 is 0 Å². The van der Waals surface area contributed by atoms with Gasteiger partial charge in [-0.15, -0.1) is 0 Å². The zero-order chi connectivity index (χ0) is 16.2. The minimum Gasteiger partial charge on any atom is -0.379 e. The van der Waals surface area contributed by atoms with Gasteiger partial charge in [0.05, 0.1) is 13.2 Å². The van der Waals surface area contributed by atoms with Crippen LogP contribution in [0.4, 0.5) is 0 Å². The Morgan fingerprint density at radius 2 is 1.86 bits per heavy atom. The third-order valence-corrected chi connectivity index (χ3v) is 4.31. The third-order valence-electron chi connectivity index (χ3n) is 4.31. The van der Waals surface area contributed by atoms with Crippen molar-refractivity contribution in [3.8, 4) is 0 Å². The highest BCUT2D eigenvalue weighted by Gasteiger charge is 2.23. The molecule has 1 aliphatic rings. The van der Waals surface area contributed by atoms with Gasteiger partial charge in [0.25, 0.3) is 0 Å². The molecule has 1 heterocycles. The summed E-state index contributed by atoms with van der Waals surface area (Å²) in [5.74, 6) is 1.55. The lowest BCUT2D eigenvalue weighted by Gasteiger charge is -2.37. The van der Waals surface area contributed by atoms with Crippen LogP contribution < -0.4 is 10.6 Å². The number of aliphatic imine (C=N–C) groups is 1. The van der Waals surface area contributed by atoms with E-state index in [0.717, 1.165) is 45.4 Å². The van der Waals surface area contributed by atoms with Gasteiger partial charge in [-0.25, -0.2) is 0 Å². The van der Waals surface area contributed by atoms with Crippen molar-refractivity contribution < 1.29 is 4.74 Å². The van der Waals surface area contributed by atoms with Crippen molar-refractivity contribution in [1.82, 2.24) is 15.5 Å². The second-order valence-electron chi connectivity index (χ2n) is 6.40. The van der Waals surface area contributed by atoms with Crippen LogP contribution in [-0.4, -0.2) is 63.3 Å². The van der Waals surface area contributed by atoms with Crippen LogP contribution in [0.1, 0.15) is 46.5 Å². The molecular weight excluding hydrogens is 276 g/mol. The fourth-order valence-corrected chi connectivity index (χ4v) is 2.88. The number of morpholine rings is 1. The average molecular weight is 313 g/mol. The van der Waals surface area contributed by atoms with Crippen molar-refractivity contribution in [2.24, 2.45) is 10.9 Å². The van der Waals surface area contributed by atoms with Gasteiger partial charge in [0.1, 0.15) is 0 Å². The van der Waals surface area contributed by atoms with E-state index in [1.165, 1.54) is 25.7 Å². The summed E-state index contributed by atoms with van der Waals surface area (Å²) in [6.07, 6.45) is 5.11. The summed E-state index contributed by atoms with van der Waals surface area (Å²) < 4.78 is 5.46. The Hall–Kier alpha value is -0.810. The Morgan fingerprint density at radius 1 is 1.14 bits per heavy atom. The normalized spacial score (nSPS) is 18.5. The lowest BCUT2D eigenvalue weighted by molar-refractivity contribution is 0.00752. The summed E-state index contributed by atoms with van der Waals surface area (Å²) in [7, 11) is 1.85. The molecule has 1 unspecified atom stereocenters. The second kappa shape index (κ2) is 11.7. The standard InChI is InChI=1S/C17H36N4O/c1-5-6-7-8-9-19-17(18-4)20-14-16(15(2)3)21-10-12-22-13-11-21/h15-16H,5-14H2,1-4H3,(H2,18,19,20). The van der Waals surface area contributed by atoms with Crippen molar-refractivity contribution in [1.29, 1.82) is 0 Å². The highest BCUT2D eigenvalue weighted by atomic mass is 16.5. The maximum atomic E-state index is 5.46. The molecule has 1 rings (SSSR count). The average Bonchev–Trinajstić information content (AvgIpc) is 2.53. The molecule has 2 N–H and O–H groups in total. The molecule has 0 bridgehead atoms. The van der Waals surface area contributed by atoms with E-state index in [-0.39, 0.29) is 0 Å².